The van der Waals surface area contributed by atoms with Crippen LogP contribution in [-0.4, -0.2) is 16.0 Å². The number of aromatic hydroxyl groups is 2. The number of carbonyl (C=O) groups excluding carboxylic acids is 1. The van der Waals surface area contributed by atoms with Crippen molar-refractivity contribution in [3.05, 3.63) is 23.3 Å². The number of benzene rings is 1. The van der Waals surface area contributed by atoms with Gasteiger partial charge < -0.3 is 10.2 Å². The minimum Gasteiger partial charge on any atom is -0.508 e. The van der Waals surface area contributed by atoms with Crippen LogP contribution in [0.5, 0.6) is 11.5 Å². The van der Waals surface area contributed by atoms with Crippen molar-refractivity contribution in [3.8, 4) is 11.5 Å². The Kier molecular flexibility index (Phi) is 2.56. The lowest BCUT2D eigenvalue weighted by molar-refractivity contribution is 0.0985. The van der Waals surface area contributed by atoms with Crippen LogP contribution < -0.4 is 0 Å². The molecule has 0 saturated carbocycles. The van der Waals surface area contributed by atoms with E-state index in [1.165, 1.54) is 12.1 Å². The first-order chi connectivity index (χ1) is 6.06. The van der Waals surface area contributed by atoms with Crippen molar-refractivity contribution >= 4 is 5.78 Å². The molecule has 70 valence electrons. The number of aryl methyl sites for hydroxylation is 1. The number of carbonyl (C=O) groups is 1. The maximum Gasteiger partial charge on any atom is 0.166 e. The van der Waals surface area contributed by atoms with Crippen LogP contribution in [0.4, 0.5) is 0 Å². The van der Waals surface area contributed by atoms with E-state index in [4.69, 9.17) is 5.11 Å². The Morgan fingerprint density at radius 3 is 2.46 bits per heavy atom. The molecular formula is C10H12O3. The lowest BCUT2D eigenvalue weighted by Gasteiger charge is -2.06. The van der Waals surface area contributed by atoms with Crippen LogP contribution in [0, 0.1) is 6.92 Å². The molecule has 0 radical (unpaired) electrons. The lowest BCUT2D eigenvalue weighted by atomic mass is 10.0. The summed E-state index contributed by atoms with van der Waals surface area (Å²) in [6.07, 6.45) is 0.346. The number of phenolic OH excluding ortho intramolecular Hbond substituents is 2. The van der Waals surface area contributed by atoms with Gasteiger partial charge >= 0.3 is 0 Å². The van der Waals surface area contributed by atoms with Crippen molar-refractivity contribution in [1.29, 1.82) is 0 Å². The van der Waals surface area contributed by atoms with E-state index in [-0.39, 0.29) is 17.3 Å². The van der Waals surface area contributed by atoms with Gasteiger partial charge in [0.2, 0.25) is 0 Å². The molecule has 0 bridgehead atoms. The van der Waals surface area contributed by atoms with Gasteiger partial charge in [0.05, 0.1) is 5.56 Å². The Labute approximate surface area is 76.6 Å². The van der Waals surface area contributed by atoms with Crippen molar-refractivity contribution < 1.29 is 15.0 Å². The van der Waals surface area contributed by atoms with Crippen LogP contribution in [0.15, 0.2) is 12.1 Å². The summed E-state index contributed by atoms with van der Waals surface area (Å²) in [6.45, 7) is 3.41. The highest BCUT2D eigenvalue weighted by atomic mass is 16.3. The highest BCUT2D eigenvalue weighted by Crippen LogP contribution is 2.27. The molecule has 13 heavy (non-hydrogen) atoms. The largest absolute Gasteiger partial charge is 0.508 e. The lowest BCUT2D eigenvalue weighted by Crippen LogP contribution is -1.99. The number of rotatable bonds is 2. The highest BCUT2D eigenvalue weighted by molar-refractivity contribution is 5.99. The Morgan fingerprint density at radius 1 is 1.38 bits per heavy atom. The summed E-state index contributed by atoms with van der Waals surface area (Å²) in [5.74, 6) is -0.290. The second kappa shape index (κ2) is 3.47. The molecule has 3 heteroatoms. The first kappa shape index (κ1) is 9.58. The maximum atomic E-state index is 11.3. The number of Topliss-reactive ketones (excluding diaryl/α,β-unsaturated/α-hetero) is 1. The summed E-state index contributed by atoms with van der Waals surface area (Å²) in [6, 6.07) is 2.64. The molecule has 0 atom stereocenters. The van der Waals surface area contributed by atoms with Gasteiger partial charge in [-0.15, -0.1) is 0 Å². The van der Waals surface area contributed by atoms with E-state index in [2.05, 4.69) is 0 Å². The van der Waals surface area contributed by atoms with Crippen LogP contribution >= 0.6 is 0 Å². The monoisotopic (exact) mass is 180 g/mol. The van der Waals surface area contributed by atoms with Crippen LogP contribution in [0.25, 0.3) is 0 Å². The quantitative estimate of drug-likeness (QED) is 0.684. The molecular weight excluding hydrogens is 168 g/mol. The molecule has 0 fully saturated rings. The minimum absolute atomic E-state index is 0.0253. The van der Waals surface area contributed by atoms with Gasteiger partial charge in [0.25, 0.3) is 0 Å². The molecule has 1 rings (SSSR count). The standard InChI is InChI=1S/C10H12O3/c1-3-8(12)10-6(2)4-7(11)5-9(10)13/h4-5,11,13H,3H2,1-2H3. The molecule has 1 aromatic carbocycles. The number of hydrogen-bond donors (Lipinski definition) is 2. The average Bonchev–Trinajstić information content (AvgIpc) is 2.02. The van der Waals surface area contributed by atoms with E-state index < -0.39 is 0 Å². The fourth-order valence-electron chi connectivity index (χ4n) is 1.29. The summed E-state index contributed by atoms with van der Waals surface area (Å²) >= 11 is 0. The molecule has 0 amide bonds. The number of phenols is 2. The van der Waals surface area contributed by atoms with Crippen LogP contribution in [0.1, 0.15) is 29.3 Å². The third-order valence-corrected chi connectivity index (χ3v) is 1.90. The normalized spacial score (nSPS) is 10.0. The molecule has 0 spiro atoms. The molecule has 0 saturated heterocycles. The van der Waals surface area contributed by atoms with Gasteiger partial charge in [-0.3, -0.25) is 4.79 Å². The molecule has 0 heterocycles. The third-order valence-electron chi connectivity index (χ3n) is 1.90. The topological polar surface area (TPSA) is 57.5 Å². The van der Waals surface area contributed by atoms with E-state index in [1.807, 2.05) is 0 Å². The van der Waals surface area contributed by atoms with Crippen LogP contribution in [0.2, 0.25) is 0 Å². The van der Waals surface area contributed by atoms with E-state index in [9.17, 15) is 9.90 Å². The van der Waals surface area contributed by atoms with Crippen molar-refractivity contribution in [2.24, 2.45) is 0 Å². The van der Waals surface area contributed by atoms with E-state index in [1.54, 1.807) is 13.8 Å². The Morgan fingerprint density at radius 2 is 2.00 bits per heavy atom. The first-order valence-electron chi connectivity index (χ1n) is 4.12. The van der Waals surface area contributed by atoms with Crippen molar-refractivity contribution in [2.75, 3.05) is 0 Å². The predicted molar refractivity (Wildman–Crippen MR) is 49.1 cm³/mol. The van der Waals surface area contributed by atoms with Crippen LogP contribution in [0.3, 0.4) is 0 Å². The number of ketones is 1. The summed E-state index contributed by atoms with van der Waals surface area (Å²) in [5.41, 5.74) is 0.907. The van der Waals surface area contributed by atoms with Gasteiger partial charge in [0.15, 0.2) is 5.78 Å². The Bertz CT molecular complexity index is 319. The van der Waals surface area contributed by atoms with Gasteiger partial charge in [0.1, 0.15) is 11.5 Å². The summed E-state index contributed by atoms with van der Waals surface area (Å²) < 4.78 is 0. The van der Waals surface area contributed by atoms with Gasteiger partial charge in [0, 0.05) is 12.5 Å². The third kappa shape index (κ3) is 1.80. The zero-order valence-corrected chi connectivity index (χ0v) is 7.66. The van der Waals surface area contributed by atoms with Gasteiger partial charge in [-0.25, -0.2) is 0 Å². The minimum atomic E-state index is -0.149. The molecule has 1 aromatic rings. The van der Waals surface area contributed by atoms with E-state index >= 15 is 0 Å². The van der Waals surface area contributed by atoms with Crippen molar-refractivity contribution in [2.45, 2.75) is 20.3 Å². The molecule has 0 unspecified atom stereocenters. The fourth-order valence-corrected chi connectivity index (χ4v) is 1.29. The fraction of sp³-hybridized carbons (Fsp3) is 0.300. The zero-order chi connectivity index (χ0) is 10.0. The number of hydrogen-bond acceptors (Lipinski definition) is 3. The Hall–Kier alpha value is -1.51. The highest BCUT2D eigenvalue weighted by Gasteiger charge is 2.13. The smallest absolute Gasteiger partial charge is 0.166 e. The van der Waals surface area contributed by atoms with Crippen LogP contribution in [-0.2, 0) is 0 Å². The maximum absolute atomic E-state index is 11.3. The first-order valence-corrected chi connectivity index (χ1v) is 4.12. The second-order valence-corrected chi connectivity index (χ2v) is 2.93. The average molecular weight is 180 g/mol. The van der Waals surface area contributed by atoms with Gasteiger partial charge in [-0.1, -0.05) is 6.92 Å². The SMILES string of the molecule is CCC(=O)c1c(C)cc(O)cc1O. The van der Waals surface area contributed by atoms with E-state index in [0.717, 1.165) is 0 Å². The zero-order valence-electron chi connectivity index (χ0n) is 7.66. The Balaban J connectivity index is 3.28. The molecule has 0 aliphatic rings. The molecule has 0 aliphatic carbocycles. The molecule has 2 N–H and O–H groups in total. The second-order valence-electron chi connectivity index (χ2n) is 2.93. The summed E-state index contributed by atoms with van der Waals surface area (Å²) in [5, 5.41) is 18.5. The predicted octanol–water partition coefficient (Wildman–Crippen LogP) is 2.00. The molecule has 3 nitrogen and oxygen atoms in total. The van der Waals surface area contributed by atoms with Gasteiger partial charge in [-0.05, 0) is 18.6 Å². The van der Waals surface area contributed by atoms with Crippen molar-refractivity contribution in [1.82, 2.24) is 0 Å². The molecule has 0 aliphatic heterocycles. The molecule has 0 aromatic heterocycles. The van der Waals surface area contributed by atoms with E-state index in [0.29, 0.717) is 17.5 Å². The van der Waals surface area contributed by atoms with Gasteiger partial charge in [-0.2, -0.15) is 0 Å². The summed E-state index contributed by atoms with van der Waals surface area (Å²) in [7, 11) is 0. The summed E-state index contributed by atoms with van der Waals surface area (Å²) in [4.78, 5) is 11.3. The van der Waals surface area contributed by atoms with Crippen molar-refractivity contribution in [3.63, 3.8) is 0 Å².